The molecule has 106 valence electrons. The summed E-state index contributed by atoms with van der Waals surface area (Å²) in [5, 5.41) is 21.7. The molecule has 1 aromatic rings. The second-order valence-electron chi connectivity index (χ2n) is 4.80. The summed E-state index contributed by atoms with van der Waals surface area (Å²) < 4.78 is 0. The summed E-state index contributed by atoms with van der Waals surface area (Å²) in [7, 11) is 0. The maximum absolute atomic E-state index is 12.0. The normalized spacial score (nSPS) is 11.3. The molecule has 0 heterocycles. The van der Waals surface area contributed by atoms with Crippen LogP contribution in [0.5, 0.6) is 11.5 Å². The summed E-state index contributed by atoms with van der Waals surface area (Å²) in [6.45, 7) is 5.01. The van der Waals surface area contributed by atoms with Crippen LogP contribution < -0.4 is 11.1 Å². The van der Waals surface area contributed by atoms with E-state index in [4.69, 9.17) is 5.73 Å². The van der Waals surface area contributed by atoms with Gasteiger partial charge in [0.05, 0.1) is 5.56 Å². The van der Waals surface area contributed by atoms with Gasteiger partial charge >= 0.3 is 0 Å². The van der Waals surface area contributed by atoms with Gasteiger partial charge in [-0.1, -0.05) is 13.8 Å². The highest BCUT2D eigenvalue weighted by Crippen LogP contribution is 2.25. The van der Waals surface area contributed by atoms with Gasteiger partial charge in [0, 0.05) is 6.54 Å². The van der Waals surface area contributed by atoms with Crippen molar-refractivity contribution in [1.82, 2.24) is 5.32 Å². The van der Waals surface area contributed by atoms with Gasteiger partial charge in [-0.2, -0.15) is 0 Å². The van der Waals surface area contributed by atoms with Crippen molar-refractivity contribution in [2.45, 2.75) is 26.7 Å². The Labute approximate surface area is 113 Å². The van der Waals surface area contributed by atoms with Crippen LogP contribution in [0, 0.1) is 5.41 Å². The van der Waals surface area contributed by atoms with Crippen molar-refractivity contribution in [2.24, 2.45) is 11.1 Å². The first-order valence-electron chi connectivity index (χ1n) is 6.48. The first kappa shape index (κ1) is 15.3. The van der Waals surface area contributed by atoms with E-state index < -0.39 is 5.91 Å². The Hall–Kier alpha value is -1.75. The van der Waals surface area contributed by atoms with Crippen LogP contribution >= 0.6 is 0 Å². The van der Waals surface area contributed by atoms with Gasteiger partial charge in [0.25, 0.3) is 5.91 Å². The first-order valence-corrected chi connectivity index (χ1v) is 6.48. The smallest absolute Gasteiger partial charge is 0.255 e. The number of carbonyl (C=O) groups excluding carboxylic acids is 1. The Bertz CT molecular complexity index is 434. The van der Waals surface area contributed by atoms with E-state index >= 15 is 0 Å². The van der Waals surface area contributed by atoms with Gasteiger partial charge in [0.2, 0.25) is 0 Å². The Morgan fingerprint density at radius 1 is 1.32 bits per heavy atom. The molecular formula is C14H22N2O3. The van der Waals surface area contributed by atoms with E-state index in [1.165, 1.54) is 18.2 Å². The number of nitrogens with two attached hydrogens (primary N) is 1. The fraction of sp³-hybridized carbons (Fsp3) is 0.500. The molecule has 19 heavy (non-hydrogen) atoms. The predicted molar refractivity (Wildman–Crippen MR) is 74.2 cm³/mol. The second kappa shape index (κ2) is 6.43. The van der Waals surface area contributed by atoms with E-state index in [-0.39, 0.29) is 22.5 Å². The Balaban J connectivity index is 2.77. The van der Waals surface area contributed by atoms with Gasteiger partial charge in [-0.25, -0.2) is 0 Å². The third kappa shape index (κ3) is 3.61. The quantitative estimate of drug-likeness (QED) is 0.588. The van der Waals surface area contributed by atoms with Crippen molar-refractivity contribution in [3.63, 3.8) is 0 Å². The Morgan fingerprint density at radius 2 is 1.95 bits per heavy atom. The highest BCUT2D eigenvalue weighted by Gasteiger charge is 2.25. The highest BCUT2D eigenvalue weighted by atomic mass is 16.3. The fourth-order valence-corrected chi connectivity index (χ4v) is 1.93. The predicted octanol–water partition coefficient (Wildman–Crippen LogP) is 1.59. The highest BCUT2D eigenvalue weighted by molar-refractivity contribution is 5.97. The molecule has 5 nitrogen and oxygen atoms in total. The summed E-state index contributed by atoms with van der Waals surface area (Å²) in [4.78, 5) is 12.0. The average Bonchev–Trinajstić information content (AvgIpc) is 2.43. The minimum atomic E-state index is -0.409. The zero-order chi connectivity index (χ0) is 14.5. The van der Waals surface area contributed by atoms with Crippen LogP contribution in [0.4, 0.5) is 0 Å². The standard InChI is InChI=1S/C14H22N2O3/c1-3-14(4-2,8-15)9-16-13(19)11-7-10(17)5-6-12(11)18/h5-7,17-18H,3-4,8-9,15H2,1-2H3,(H,16,19). The zero-order valence-electron chi connectivity index (χ0n) is 11.4. The van der Waals surface area contributed by atoms with E-state index in [0.29, 0.717) is 13.1 Å². The van der Waals surface area contributed by atoms with E-state index in [0.717, 1.165) is 12.8 Å². The van der Waals surface area contributed by atoms with Crippen molar-refractivity contribution in [3.8, 4) is 11.5 Å². The number of rotatable bonds is 6. The number of phenols is 2. The lowest BCUT2D eigenvalue weighted by atomic mass is 9.82. The number of benzene rings is 1. The van der Waals surface area contributed by atoms with Gasteiger partial charge in [-0.05, 0) is 43.0 Å². The van der Waals surface area contributed by atoms with Crippen LogP contribution in [-0.4, -0.2) is 29.2 Å². The number of hydrogen-bond acceptors (Lipinski definition) is 4. The van der Waals surface area contributed by atoms with Crippen molar-refractivity contribution < 1.29 is 15.0 Å². The second-order valence-corrected chi connectivity index (χ2v) is 4.80. The number of carbonyl (C=O) groups is 1. The number of hydrogen-bond donors (Lipinski definition) is 4. The van der Waals surface area contributed by atoms with E-state index in [1.807, 2.05) is 13.8 Å². The molecule has 0 aliphatic carbocycles. The fourth-order valence-electron chi connectivity index (χ4n) is 1.93. The van der Waals surface area contributed by atoms with Crippen LogP contribution in [0.1, 0.15) is 37.0 Å². The molecule has 0 unspecified atom stereocenters. The molecule has 1 aromatic carbocycles. The maximum atomic E-state index is 12.0. The molecule has 0 saturated carbocycles. The number of amides is 1. The Morgan fingerprint density at radius 3 is 2.47 bits per heavy atom. The molecule has 5 heteroatoms. The zero-order valence-corrected chi connectivity index (χ0v) is 11.4. The molecule has 0 fully saturated rings. The molecule has 0 aliphatic rings. The monoisotopic (exact) mass is 266 g/mol. The third-order valence-electron chi connectivity index (χ3n) is 3.78. The summed E-state index contributed by atoms with van der Waals surface area (Å²) in [6, 6.07) is 3.86. The summed E-state index contributed by atoms with van der Waals surface area (Å²) >= 11 is 0. The van der Waals surface area contributed by atoms with Gasteiger partial charge in [-0.15, -0.1) is 0 Å². The minimum absolute atomic E-state index is 0.0565. The third-order valence-corrected chi connectivity index (χ3v) is 3.78. The minimum Gasteiger partial charge on any atom is -0.508 e. The molecule has 1 amide bonds. The van der Waals surface area contributed by atoms with Gasteiger partial charge in [0.15, 0.2) is 0 Å². The molecule has 1 rings (SSSR count). The lowest BCUT2D eigenvalue weighted by molar-refractivity contribution is 0.0925. The summed E-state index contributed by atoms with van der Waals surface area (Å²) in [6.07, 6.45) is 1.73. The largest absolute Gasteiger partial charge is 0.508 e. The van der Waals surface area contributed by atoms with E-state index in [9.17, 15) is 15.0 Å². The van der Waals surface area contributed by atoms with Crippen molar-refractivity contribution in [1.29, 1.82) is 0 Å². The lowest BCUT2D eigenvalue weighted by Gasteiger charge is -2.30. The van der Waals surface area contributed by atoms with Crippen LogP contribution in [0.25, 0.3) is 0 Å². The van der Waals surface area contributed by atoms with Crippen LogP contribution in [0.2, 0.25) is 0 Å². The van der Waals surface area contributed by atoms with Crippen LogP contribution in [0.15, 0.2) is 18.2 Å². The molecule has 5 N–H and O–H groups in total. The topological polar surface area (TPSA) is 95.6 Å². The van der Waals surface area contributed by atoms with Gasteiger partial charge in [-0.3, -0.25) is 4.79 Å². The molecule has 0 radical (unpaired) electrons. The van der Waals surface area contributed by atoms with Crippen molar-refractivity contribution >= 4 is 5.91 Å². The number of aromatic hydroxyl groups is 2. The molecule has 0 atom stereocenters. The molecular weight excluding hydrogens is 244 g/mol. The SMILES string of the molecule is CCC(CC)(CN)CNC(=O)c1cc(O)ccc1O. The molecule has 0 spiro atoms. The average molecular weight is 266 g/mol. The van der Waals surface area contributed by atoms with Crippen LogP contribution in [0.3, 0.4) is 0 Å². The van der Waals surface area contributed by atoms with E-state index in [1.54, 1.807) is 0 Å². The molecule has 0 aromatic heterocycles. The molecule has 0 bridgehead atoms. The lowest BCUT2D eigenvalue weighted by Crippen LogP contribution is -2.41. The molecule has 0 saturated heterocycles. The maximum Gasteiger partial charge on any atom is 0.255 e. The van der Waals surface area contributed by atoms with Gasteiger partial charge in [0.1, 0.15) is 11.5 Å². The van der Waals surface area contributed by atoms with E-state index in [2.05, 4.69) is 5.32 Å². The Kier molecular flexibility index (Phi) is 5.18. The van der Waals surface area contributed by atoms with Crippen LogP contribution in [-0.2, 0) is 0 Å². The number of nitrogens with one attached hydrogen (secondary N) is 1. The number of phenolic OH excluding ortho intramolecular Hbond substituents is 2. The molecule has 0 aliphatic heterocycles. The summed E-state index contributed by atoms with van der Waals surface area (Å²) in [5.74, 6) is -0.617. The summed E-state index contributed by atoms with van der Waals surface area (Å²) in [5.41, 5.74) is 5.71. The first-order chi connectivity index (χ1) is 8.98. The van der Waals surface area contributed by atoms with Crippen molar-refractivity contribution in [3.05, 3.63) is 23.8 Å². The van der Waals surface area contributed by atoms with Gasteiger partial charge < -0.3 is 21.3 Å². The van der Waals surface area contributed by atoms with Crippen molar-refractivity contribution in [2.75, 3.05) is 13.1 Å².